The van der Waals surface area contributed by atoms with Gasteiger partial charge in [-0.15, -0.1) is 0 Å². The van der Waals surface area contributed by atoms with Gasteiger partial charge in [0.25, 0.3) is 5.91 Å². The molecule has 0 radical (unpaired) electrons. The summed E-state index contributed by atoms with van der Waals surface area (Å²) in [5.74, 6) is -0.741. The molecule has 0 unspecified atom stereocenters. The molecule has 0 fully saturated rings. The molecular formula is C15H14FNO2. The second-order valence-corrected chi connectivity index (χ2v) is 4.05. The van der Waals surface area contributed by atoms with E-state index in [0.29, 0.717) is 5.69 Å². The van der Waals surface area contributed by atoms with Gasteiger partial charge in [-0.2, -0.15) is 0 Å². The van der Waals surface area contributed by atoms with E-state index in [1.54, 1.807) is 31.2 Å². The minimum atomic E-state index is -0.780. The number of amides is 1. The summed E-state index contributed by atoms with van der Waals surface area (Å²) in [6.07, 6.45) is -0.780. The summed E-state index contributed by atoms with van der Waals surface area (Å²) in [7, 11) is 0. The molecule has 2 aromatic rings. The van der Waals surface area contributed by atoms with Crippen molar-refractivity contribution in [1.82, 2.24) is 0 Å². The number of carbonyl (C=O) groups is 1. The predicted octanol–water partition coefficient (Wildman–Crippen LogP) is 3.23. The number of halogens is 1. The van der Waals surface area contributed by atoms with E-state index in [2.05, 4.69) is 5.32 Å². The number of hydrogen-bond donors (Lipinski definition) is 1. The first-order valence-corrected chi connectivity index (χ1v) is 5.94. The molecule has 2 aromatic carbocycles. The van der Waals surface area contributed by atoms with Crippen LogP contribution >= 0.6 is 0 Å². The van der Waals surface area contributed by atoms with Crippen molar-refractivity contribution in [2.75, 3.05) is 5.32 Å². The highest BCUT2D eigenvalue weighted by molar-refractivity contribution is 5.94. The van der Waals surface area contributed by atoms with Crippen LogP contribution in [0.4, 0.5) is 10.1 Å². The predicted molar refractivity (Wildman–Crippen MR) is 71.6 cm³/mol. The van der Waals surface area contributed by atoms with Gasteiger partial charge in [-0.1, -0.05) is 30.3 Å². The van der Waals surface area contributed by atoms with E-state index < -0.39 is 11.9 Å². The number of rotatable bonds is 4. The molecular weight excluding hydrogens is 245 g/mol. The lowest BCUT2D eigenvalue weighted by atomic mass is 10.3. The van der Waals surface area contributed by atoms with Gasteiger partial charge in [0.1, 0.15) is 0 Å². The summed E-state index contributed by atoms with van der Waals surface area (Å²) in [5.41, 5.74) is 0.677. The van der Waals surface area contributed by atoms with Crippen LogP contribution < -0.4 is 10.1 Å². The zero-order chi connectivity index (χ0) is 13.7. The number of hydrogen-bond acceptors (Lipinski definition) is 2. The van der Waals surface area contributed by atoms with Gasteiger partial charge >= 0.3 is 0 Å². The van der Waals surface area contributed by atoms with E-state index in [9.17, 15) is 9.18 Å². The molecule has 0 spiro atoms. The highest BCUT2D eigenvalue weighted by atomic mass is 19.1. The Morgan fingerprint density at radius 2 is 1.74 bits per heavy atom. The molecule has 0 aliphatic rings. The largest absolute Gasteiger partial charge is 0.478 e. The van der Waals surface area contributed by atoms with Crippen LogP contribution in [-0.4, -0.2) is 12.0 Å². The SMILES string of the molecule is C[C@H](Oc1ccccc1F)C(=O)Nc1ccccc1. The molecule has 1 N–H and O–H groups in total. The zero-order valence-electron chi connectivity index (χ0n) is 10.5. The van der Waals surface area contributed by atoms with Crippen LogP contribution in [0.5, 0.6) is 5.75 Å². The summed E-state index contributed by atoms with van der Waals surface area (Å²) in [6, 6.07) is 15.0. The summed E-state index contributed by atoms with van der Waals surface area (Å²) >= 11 is 0. The number of nitrogens with one attached hydrogen (secondary N) is 1. The maximum Gasteiger partial charge on any atom is 0.265 e. The van der Waals surface area contributed by atoms with Crippen LogP contribution in [0.25, 0.3) is 0 Å². The highest BCUT2D eigenvalue weighted by Gasteiger charge is 2.16. The van der Waals surface area contributed by atoms with Crippen LogP contribution in [0.1, 0.15) is 6.92 Å². The average Bonchev–Trinajstić information content (AvgIpc) is 2.42. The molecule has 0 bridgehead atoms. The van der Waals surface area contributed by atoms with Crippen LogP contribution in [0.3, 0.4) is 0 Å². The average molecular weight is 259 g/mol. The maximum absolute atomic E-state index is 13.4. The van der Waals surface area contributed by atoms with E-state index in [1.165, 1.54) is 12.1 Å². The van der Waals surface area contributed by atoms with E-state index in [1.807, 2.05) is 18.2 Å². The van der Waals surface area contributed by atoms with Crippen molar-refractivity contribution in [3.05, 3.63) is 60.4 Å². The summed E-state index contributed by atoms with van der Waals surface area (Å²) in [6.45, 7) is 1.57. The van der Waals surface area contributed by atoms with E-state index in [4.69, 9.17) is 4.74 Å². The fourth-order valence-corrected chi connectivity index (χ4v) is 1.55. The van der Waals surface area contributed by atoms with Gasteiger partial charge in [0, 0.05) is 5.69 Å². The zero-order valence-corrected chi connectivity index (χ0v) is 10.5. The van der Waals surface area contributed by atoms with Crippen molar-refractivity contribution in [3.8, 4) is 5.75 Å². The smallest absolute Gasteiger partial charge is 0.265 e. The molecule has 19 heavy (non-hydrogen) atoms. The Hall–Kier alpha value is -2.36. The van der Waals surface area contributed by atoms with E-state index in [0.717, 1.165) is 0 Å². The second-order valence-electron chi connectivity index (χ2n) is 4.05. The first-order chi connectivity index (χ1) is 9.16. The van der Waals surface area contributed by atoms with Crippen LogP contribution in [0, 0.1) is 5.82 Å². The van der Waals surface area contributed by atoms with E-state index in [-0.39, 0.29) is 11.7 Å². The molecule has 0 aliphatic heterocycles. The molecule has 1 amide bonds. The minimum absolute atomic E-state index is 0.0678. The fourth-order valence-electron chi connectivity index (χ4n) is 1.55. The first-order valence-electron chi connectivity index (χ1n) is 5.94. The number of carbonyl (C=O) groups excluding carboxylic acids is 1. The molecule has 0 aromatic heterocycles. The Morgan fingerprint density at radius 3 is 2.42 bits per heavy atom. The van der Waals surface area contributed by atoms with Crippen molar-refractivity contribution < 1.29 is 13.9 Å². The topological polar surface area (TPSA) is 38.3 Å². The van der Waals surface area contributed by atoms with Crippen molar-refractivity contribution >= 4 is 11.6 Å². The Kier molecular flexibility index (Phi) is 4.13. The molecule has 4 heteroatoms. The van der Waals surface area contributed by atoms with Crippen LogP contribution in [-0.2, 0) is 4.79 Å². The Bertz CT molecular complexity index is 557. The minimum Gasteiger partial charge on any atom is -0.478 e. The van der Waals surface area contributed by atoms with Gasteiger partial charge in [-0.05, 0) is 31.2 Å². The molecule has 98 valence electrons. The lowest BCUT2D eigenvalue weighted by Gasteiger charge is -2.15. The number of anilines is 1. The van der Waals surface area contributed by atoms with Crippen molar-refractivity contribution in [2.24, 2.45) is 0 Å². The molecule has 0 saturated carbocycles. The summed E-state index contributed by atoms with van der Waals surface area (Å²) < 4.78 is 18.7. The number of para-hydroxylation sites is 2. The third-order valence-electron chi connectivity index (χ3n) is 2.55. The van der Waals surface area contributed by atoms with Gasteiger partial charge in [0.2, 0.25) is 0 Å². The third kappa shape index (κ3) is 3.55. The molecule has 0 saturated heterocycles. The van der Waals surface area contributed by atoms with Crippen molar-refractivity contribution in [2.45, 2.75) is 13.0 Å². The van der Waals surface area contributed by atoms with Gasteiger partial charge in [0.05, 0.1) is 0 Å². The molecule has 2 rings (SSSR count). The van der Waals surface area contributed by atoms with E-state index >= 15 is 0 Å². The van der Waals surface area contributed by atoms with Crippen molar-refractivity contribution in [3.63, 3.8) is 0 Å². The first kappa shape index (κ1) is 13.1. The molecule has 3 nitrogen and oxygen atoms in total. The second kappa shape index (κ2) is 6.00. The lowest BCUT2D eigenvalue weighted by Crippen LogP contribution is -2.30. The van der Waals surface area contributed by atoms with Crippen LogP contribution in [0.2, 0.25) is 0 Å². The molecule has 0 aliphatic carbocycles. The summed E-state index contributed by atoms with van der Waals surface area (Å²) in [5, 5.41) is 2.70. The summed E-state index contributed by atoms with van der Waals surface area (Å²) in [4.78, 5) is 11.9. The number of ether oxygens (including phenoxy) is 1. The van der Waals surface area contributed by atoms with Crippen molar-refractivity contribution in [1.29, 1.82) is 0 Å². The van der Waals surface area contributed by atoms with Gasteiger partial charge in [-0.25, -0.2) is 4.39 Å². The lowest BCUT2D eigenvalue weighted by molar-refractivity contribution is -0.122. The molecule has 0 heterocycles. The monoisotopic (exact) mass is 259 g/mol. The normalized spacial score (nSPS) is 11.7. The quantitative estimate of drug-likeness (QED) is 0.915. The van der Waals surface area contributed by atoms with Gasteiger partial charge < -0.3 is 10.1 Å². The Labute approximate surface area is 111 Å². The maximum atomic E-state index is 13.4. The van der Waals surface area contributed by atoms with Crippen LogP contribution in [0.15, 0.2) is 54.6 Å². The van der Waals surface area contributed by atoms with Gasteiger partial charge in [-0.3, -0.25) is 4.79 Å². The third-order valence-corrected chi connectivity index (χ3v) is 2.55. The Balaban J connectivity index is 1.98. The molecule has 1 atom stereocenters. The number of benzene rings is 2. The van der Waals surface area contributed by atoms with Gasteiger partial charge in [0.15, 0.2) is 17.7 Å². The Morgan fingerprint density at radius 1 is 1.11 bits per heavy atom. The highest BCUT2D eigenvalue weighted by Crippen LogP contribution is 2.17. The standard InChI is InChI=1S/C15H14FNO2/c1-11(19-14-10-6-5-9-13(14)16)15(18)17-12-7-3-2-4-8-12/h2-11H,1H3,(H,17,18)/t11-/m0/s1. The fraction of sp³-hybridized carbons (Fsp3) is 0.133.